The molecule has 2 aliphatic rings. The van der Waals surface area contributed by atoms with Crippen molar-refractivity contribution >= 4 is 22.5 Å². The second-order valence-corrected chi connectivity index (χ2v) is 6.39. The summed E-state index contributed by atoms with van der Waals surface area (Å²) in [4.78, 5) is 0. The lowest BCUT2D eigenvalue weighted by molar-refractivity contribution is -0.159. The molecule has 1 aromatic heterocycles. The Kier molecular flexibility index (Phi) is 4.61. The molecule has 0 bridgehead atoms. The minimum Gasteiger partial charge on any atom is -0.377 e. The fourth-order valence-corrected chi connectivity index (χ4v) is 3.20. The van der Waals surface area contributed by atoms with Crippen LogP contribution >= 0.6 is 11.8 Å². The maximum Gasteiger partial charge on any atom is 0.178 e. The van der Waals surface area contributed by atoms with Crippen molar-refractivity contribution < 1.29 is 9.47 Å². The molecule has 1 aliphatic heterocycles. The first kappa shape index (κ1) is 15.6. The van der Waals surface area contributed by atoms with Crippen LogP contribution in [0.3, 0.4) is 0 Å². The van der Waals surface area contributed by atoms with Crippen molar-refractivity contribution in [3.63, 3.8) is 0 Å². The number of hydrogen-bond acceptors (Lipinski definition) is 4. The first-order valence-electron chi connectivity index (χ1n) is 7.74. The summed E-state index contributed by atoms with van der Waals surface area (Å²) in [6.45, 7) is 3.53. The third-order valence-electron chi connectivity index (χ3n) is 4.28. The summed E-state index contributed by atoms with van der Waals surface area (Å²) in [6, 6.07) is 4.26. The van der Waals surface area contributed by atoms with Gasteiger partial charge in [0.1, 0.15) is 0 Å². The van der Waals surface area contributed by atoms with E-state index < -0.39 is 0 Å². The first-order chi connectivity index (χ1) is 10.7. The number of nitrogens with two attached hydrogens (primary N) is 1. The van der Waals surface area contributed by atoms with Gasteiger partial charge in [0.15, 0.2) is 11.0 Å². The van der Waals surface area contributed by atoms with Gasteiger partial charge in [-0.2, -0.15) is 0 Å². The highest BCUT2D eigenvalue weighted by Gasteiger charge is 2.38. The van der Waals surface area contributed by atoms with Crippen molar-refractivity contribution in [3.8, 4) is 0 Å². The van der Waals surface area contributed by atoms with Gasteiger partial charge in [-0.05, 0) is 36.8 Å². The molecule has 1 aliphatic carbocycles. The van der Waals surface area contributed by atoms with Gasteiger partial charge in [0.2, 0.25) is 0 Å². The molecule has 0 amide bonds. The standard InChI is InChI=1S/C16H23N3O2S/c1-3-13-4-5-14(19(13)18-15(17)22-2)12-6-8-16(9-7-12)20-10-11-21-16/h4-6H,3,7-11H2,1-2H3,(H2,17,18). The van der Waals surface area contributed by atoms with E-state index in [2.05, 4.69) is 30.2 Å². The van der Waals surface area contributed by atoms with Gasteiger partial charge in [0.05, 0.1) is 18.9 Å². The zero-order valence-electron chi connectivity index (χ0n) is 13.2. The van der Waals surface area contributed by atoms with Crippen LogP contribution in [0.2, 0.25) is 0 Å². The fourth-order valence-electron chi connectivity index (χ4n) is 3.04. The van der Waals surface area contributed by atoms with Crippen LogP contribution in [0.4, 0.5) is 0 Å². The van der Waals surface area contributed by atoms with E-state index >= 15 is 0 Å². The van der Waals surface area contributed by atoms with Crippen LogP contribution in [0, 0.1) is 0 Å². The van der Waals surface area contributed by atoms with E-state index in [1.807, 2.05) is 10.9 Å². The normalized spacial score (nSPS) is 21.4. The molecule has 0 unspecified atom stereocenters. The summed E-state index contributed by atoms with van der Waals surface area (Å²) in [5.41, 5.74) is 9.50. The van der Waals surface area contributed by atoms with E-state index in [9.17, 15) is 0 Å². The van der Waals surface area contributed by atoms with E-state index in [1.165, 1.54) is 23.0 Å². The SMILES string of the molecule is CCc1ccc(C2=CCC3(CC2)OCCO3)n1/N=C(\N)SC. The Balaban J connectivity index is 1.89. The van der Waals surface area contributed by atoms with Crippen molar-refractivity contribution in [2.75, 3.05) is 19.5 Å². The van der Waals surface area contributed by atoms with Crippen LogP contribution in [0.15, 0.2) is 23.3 Å². The third kappa shape index (κ3) is 2.95. The molecule has 0 atom stereocenters. The fraction of sp³-hybridized carbons (Fsp3) is 0.562. The van der Waals surface area contributed by atoms with E-state index in [-0.39, 0.29) is 5.79 Å². The smallest absolute Gasteiger partial charge is 0.178 e. The number of rotatable bonds is 3. The number of thioether (sulfide) groups is 1. The number of allylic oxidation sites excluding steroid dienone is 1. The zero-order chi connectivity index (χ0) is 15.6. The molecule has 1 spiro atoms. The van der Waals surface area contributed by atoms with Crippen molar-refractivity contribution in [2.24, 2.45) is 10.8 Å². The number of amidine groups is 1. The minimum absolute atomic E-state index is 0.379. The summed E-state index contributed by atoms with van der Waals surface area (Å²) >= 11 is 1.46. The van der Waals surface area contributed by atoms with Gasteiger partial charge in [-0.15, -0.1) is 5.10 Å². The van der Waals surface area contributed by atoms with E-state index in [0.29, 0.717) is 18.4 Å². The van der Waals surface area contributed by atoms with Crippen LogP contribution in [0.5, 0.6) is 0 Å². The lowest BCUT2D eigenvalue weighted by Gasteiger charge is -2.30. The van der Waals surface area contributed by atoms with E-state index in [1.54, 1.807) is 0 Å². The Morgan fingerprint density at radius 3 is 2.77 bits per heavy atom. The molecule has 2 N–H and O–H groups in total. The molecular weight excluding hydrogens is 298 g/mol. The van der Waals surface area contributed by atoms with Crippen LogP contribution in [-0.4, -0.2) is 35.1 Å². The highest BCUT2D eigenvalue weighted by atomic mass is 32.2. The maximum atomic E-state index is 5.91. The molecular formula is C16H23N3O2S. The second-order valence-electron chi connectivity index (χ2n) is 5.56. The lowest BCUT2D eigenvalue weighted by atomic mass is 9.92. The Morgan fingerprint density at radius 2 is 2.18 bits per heavy atom. The molecule has 22 heavy (non-hydrogen) atoms. The molecule has 0 saturated carbocycles. The predicted molar refractivity (Wildman–Crippen MR) is 90.8 cm³/mol. The summed E-state index contributed by atoms with van der Waals surface area (Å²) in [5.74, 6) is -0.379. The van der Waals surface area contributed by atoms with Gasteiger partial charge in [-0.25, -0.2) is 4.68 Å². The number of aryl methyl sites for hydroxylation is 1. The van der Waals surface area contributed by atoms with Crippen molar-refractivity contribution in [2.45, 2.75) is 38.4 Å². The molecule has 5 nitrogen and oxygen atoms in total. The summed E-state index contributed by atoms with van der Waals surface area (Å²) in [7, 11) is 0. The Bertz CT molecular complexity index is 601. The van der Waals surface area contributed by atoms with E-state index in [0.717, 1.165) is 31.4 Å². The van der Waals surface area contributed by atoms with Gasteiger partial charge in [-0.3, -0.25) is 0 Å². The van der Waals surface area contributed by atoms with Gasteiger partial charge < -0.3 is 15.2 Å². The topological polar surface area (TPSA) is 61.8 Å². The highest BCUT2D eigenvalue weighted by molar-refractivity contribution is 8.13. The minimum atomic E-state index is -0.379. The van der Waals surface area contributed by atoms with Crippen molar-refractivity contribution in [1.29, 1.82) is 0 Å². The number of ether oxygens (including phenoxy) is 2. The molecule has 3 rings (SSSR count). The van der Waals surface area contributed by atoms with Gasteiger partial charge in [-0.1, -0.05) is 24.8 Å². The van der Waals surface area contributed by atoms with Crippen LogP contribution in [0.1, 0.15) is 37.6 Å². The number of nitrogens with zero attached hydrogens (tertiary/aromatic N) is 2. The van der Waals surface area contributed by atoms with Gasteiger partial charge >= 0.3 is 0 Å². The number of hydrogen-bond donors (Lipinski definition) is 1. The average Bonchev–Trinajstić information content (AvgIpc) is 3.16. The third-order valence-corrected chi connectivity index (χ3v) is 4.78. The average molecular weight is 321 g/mol. The Hall–Kier alpha value is -1.24. The second kappa shape index (κ2) is 6.48. The van der Waals surface area contributed by atoms with Crippen LogP contribution in [-0.2, 0) is 15.9 Å². The van der Waals surface area contributed by atoms with Crippen molar-refractivity contribution in [1.82, 2.24) is 4.68 Å². The quantitative estimate of drug-likeness (QED) is 0.687. The van der Waals surface area contributed by atoms with Crippen LogP contribution in [0.25, 0.3) is 5.57 Å². The largest absolute Gasteiger partial charge is 0.377 e. The first-order valence-corrected chi connectivity index (χ1v) is 8.96. The molecule has 1 fully saturated rings. The van der Waals surface area contributed by atoms with Gasteiger partial charge in [0.25, 0.3) is 0 Å². The molecule has 2 heterocycles. The maximum absolute atomic E-state index is 5.91. The summed E-state index contributed by atoms with van der Waals surface area (Å²) < 4.78 is 13.5. The highest BCUT2D eigenvalue weighted by Crippen LogP contribution is 2.38. The monoisotopic (exact) mass is 321 g/mol. The molecule has 0 aromatic carbocycles. The van der Waals surface area contributed by atoms with Crippen LogP contribution < -0.4 is 5.73 Å². The van der Waals surface area contributed by atoms with Gasteiger partial charge in [0, 0.05) is 18.5 Å². The molecule has 1 aromatic rings. The molecule has 1 saturated heterocycles. The number of aromatic nitrogens is 1. The summed E-state index contributed by atoms with van der Waals surface area (Å²) in [5, 5.41) is 5.11. The Morgan fingerprint density at radius 1 is 1.41 bits per heavy atom. The van der Waals surface area contributed by atoms with Crippen molar-refractivity contribution in [3.05, 3.63) is 29.6 Å². The Labute approximate surface area is 135 Å². The lowest BCUT2D eigenvalue weighted by Crippen LogP contribution is -2.31. The summed E-state index contributed by atoms with van der Waals surface area (Å²) in [6.07, 6.45) is 7.72. The van der Waals surface area contributed by atoms with E-state index in [4.69, 9.17) is 15.2 Å². The molecule has 120 valence electrons. The zero-order valence-corrected chi connectivity index (χ0v) is 14.0. The molecule has 0 radical (unpaired) electrons. The molecule has 6 heteroatoms. The predicted octanol–water partition coefficient (Wildman–Crippen LogP) is 2.80.